The van der Waals surface area contributed by atoms with Gasteiger partial charge in [-0.05, 0) is 30.0 Å². The molecule has 0 aliphatic carbocycles. The Kier molecular flexibility index (Phi) is 6.34. The van der Waals surface area contributed by atoms with Crippen LogP contribution in [0.4, 0.5) is 0 Å². The van der Waals surface area contributed by atoms with Gasteiger partial charge >= 0.3 is 0 Å². The highest BCUT2D eigenvalue weighted by Gasteiger charge is 2.15. The number of carbonyl (C=O) groups is 1. The van der Waals surface area contributed by atoms with Gasteiger partial charge in [-0.15, -0.1) is 0 Å². The molecule has 3 aromatic rings. The van der Waals surface area contributed by atoms with Crippen molar-refractivity contribution in [3.63, 3.8) is 0 Å². The number of hydrogen-bond donors (Lipinski definition) is 2. The molecule has 0 unspecified atom stereocenters. The number of amides is 1. The Morgan fingerprint density at radius 2 is 2.00 bits per heavy atom. The van der Waals surface area contributed by atoms with Crippen molar-refractivity contribution in [3.8, 4) is 5.75 Å². The van der Waals surface area contributed by atoms with Gasteiger partial charge in [0, 0.05) is 31.2 Å². The molecule has 30 heavy (non-hydrogen) atoms. The van der Waals surface area contributed by atoms with Crippen LogP contribution in [0, 0.1) is 0 Å². The number of ether oxygens (including phenoxy) is 1. The number of H-pyrrole nitrogens is 1. The van der Waals surface area contributed by atoms with Crippen LogP contribution in [0.5, 0.6) is 5.75 Å². The number of aromatic nitrogens is 4. The molecule has 8 nitrogen and oxygen atoms in total. The van der Waals surface area contributed by atoms with E-state index in [1.807, 2.05) is 42.0 Å². The lowest BCUT2D eigenvalue weighted by atomic mass is 9.87. The minimum Gasteiger partial charge on any atom is -0.486 e. The summed E-state index contributed by atoms with van der Waals surface area (Å²) in [6, 6.07) is 7.83. The summed E-state index contributed by atoms with van der Waals surface area (Å²) >= 11 is 0. The van der Waals surface area contributed by atoms with Gasteiger partial charge in [-0.1, -0.05) is 32.9 Å². The molecule has 8 heteroatoms. The fraction of sp³-hybridized carbons (Fsp3) is 0.364. The molecule has 2 aromatic heterocycles. The van der Waals surface area contributed by atoms with E-state index < -0.39 is 11.5 Å². The minimum absolute atomic E-state index is 0.0147. The quantitative estimate of drug-likeness (QED) is 0.625. The minimum atomic E-state index is -0.500. The van der Waals surface area contributed by atoms with Crippen molar-refractivity contribution in [1.29, 1.82) is 0 Å². The molecule has 2 N–H and O–H groups in total. The molecule has 0 aliphatic heterocycles. The number of carbonyl (C=O) groups excluding carboxylic acids is 1. The van der Waals surface area contributed by atoms with Crippen molar-refractivity contribution >= 4 is 5.91 Å². The van der Waals surface area contributed by atoms with E-state index in [9.17, 15) is 9.59 Å². The molecule has 1 atom stereocenters. The first-order chi connectivity index (χ1) is 14.2. The van der Waals surface area contributed by atoms with Crippen LogP contribution >= 0.6 is 0 Å². The highest BCUT2D eigenvalue weighted by Crippen LogP contribution is 2.24. The van der Waals surface area contributed by atoms with Crippen molar-refractivity contribution in [1.82, 2.24) is 24.8 Å². The van der Waals surface area contributed by atoms with E-state index in [1.165, 1.54) is 11.8 Å². The molecule has 1 amide bonds. The lowest BCUT2D eigenvalue weighted by Crippen LogP contribution is -2.33. The van der Waals surface area contributed by atoms with E-state index >= 15 is 0 Å². The number of hydrogen-bond acceptors (Lipinski definition) is 5. The Hall–Kier alpha value is -3.42. The molecule has 0 bridgehead atoms. The Morgan fingerprint density at radius 3 is 2.60 bits per heavy atom. The zero-order chi connectivity index (χ0) is 21.7. The zero-order valence-electron chi connectivity index (χ0n) is 17.7. The van der Waals surface area contributed by atoms with Crippen LogP contribution < -0.4 is 15.6 Å². The van der Waals surface area contributed by atoms with Crippen LogP contribution in [0.25, 0.3) is 0 Å². The van der Waals surface area contributed by atoms with Crippen LogP contribution in [0.1, 0.15) is 55.5 Å². The van der Waals surface area contributed by atoms with Crippen molar-refractivity contribution in [2.45, 2.75) is 45.8 Å². The van der Waals surface area contributed by atoms with Gasteiger partial charge in [-0.25, -0.2) is 9.97 Å². The summed E-state index contributed by atoms with van der Waals surface area (Å²) in [5.74, 6) is 0.560. The second-order valence-corrected chi connectivity index (χ2v) is 8.20. The lowest BCUT2D eigenvalue weighted by Gasteiger charge is -2.19. The number of rotatable bonds is 7. The first kappa shape index (κ1) is 21.3. The highest BCUT2D eigenvalue weighted by molar-refractivity contribution is 5.93. The normalized spacial score (nSPS) is 12.4. The number of nitrogens with zero attached hydrogens (tertiary/aromatic N) is 3. The summed E-state index contributed by atoms with van der Waals surface area (Å²) in [4.78, 5) is 35.4. The smallest absolute Gasteiger partial charge is 0.263 e. The first-order valence-corrected chi connectivity index (χ1v) is 9.81. The van der Waals surface area contributed by atoms with Crippen molar-refractivity contribution in [3.05, 3.63) is 76.5 Å². The Balaban J connectivity index is 1.57. The molecule has 0 saturated heterocycles. The molecule has 1 aromatic carbocycles. The van der Waals surface area contributed by atoms with E-state index in [0.717, 1.165) is 0 Å². The molecule has 0 radical (unpaired) electrons. The molecule has 0 aliphatic rings. The Morgan fingerprint density at radius 1 is 1.27 bits per heavy atom. The number of nitrogens with one attached hydrogen (secondary N) is 2. The third kappa shape index (κ3) is 5.34. The van der Waals surface area contributed by atoms with Crippen LogP contribution in [0.2, 0.25) is 0 Å². The van der Waals surface area contributed by atoms with E-state index in [-0.39, 0.29) is 23.6 Å². The number of imidazole rings is 1. The number of aromatic amines is 1. The van der Waals surface area contributed by atoms with Crippen LogP contribution in [-0.2, 0) is 12.0 Å². The van der Waals surface area contributed by atoms with Crippen LogP contribution in [0.15, 0.2) is 54.0 Å². The summed E-state index contributed by atoms with van der Waals surface area (Å²) in [6.45, 7) is 8.85. The average molecular weight is 409 g/mol. The summed E-state index contributed by atoms with van der Waals surface area (Å²) in [6.07, 6.45) is 6.44. The van der Waals surface area contributed by atoms with Crippen molar-refractivity contribution in [2.24, 2.45) is 0 Å². The second-order valence-electron chi connectivity index (χ2n) is 8.20. The van der Waals surface area contributed by atoms with Gasteiger partial charge in [-0.3, -0.25) is 9.59 Å². The predicted octanol–water partition coefficient (Wildman–Crippen LogP) is 2.83. The predicted molar refractivity (Wildman–Crippen MR) is 114 cm³/mol. The fourth-order valence-corrected chi connectivity index (χ4v) is 2.84. The standard InChI is InChI=1S/C22H27N5O3/c1-15(27-10-9-23-14-27)11-25-20(28)18-12-24-19(26-21(18)29)13-30-17-7-5-16(6-8-17)22(2,3)4/h5-10,12,14-15H,11,13H2,1-4H3,(H,25,28)(H,24,26,29)/t15-/m0/s1. The summed E-state index contributed by atoms with van der Waals surface area (Å²) in [5, 5.41) is 2.74. The molecular weight excluding hydrogens is 382 g/mol. The van der Waals surface area contributed by atoms with E-state index in [4.69, 9.17) is 4.74 Å². The topological polar surface area (TPSA) is 102 Å². The van der Waals surface area contributed by atoms with Gasteiger partial charge in [0.05, 0.1) is 6.33 Å². The molecule has 0 spiro atoms. The van der Waals surface area contributed by atoms with E-state index in [1.54, 1.807) is 12.5 Å². The molecular formula is C22H27N5O3. The van der Waals surface area contributed by atoms with Gasteiger partial charge in [0.15, 0.2) is 0 Å². The summed E-state index contributed by atoms with van der Waals surface area (Å²) in [7, 11) is 0. The lowest BCUT2D eigenvalue weighted by molar-refractivity contribution is 0.0946. The maximum Gasteiger partial charge on any atom is 0.263 e. The monoisotopic (exact) mass is 409 g/mol. The van der Waals surface area contributed by atoms with Gasteiger partial charge in [-0.2, -0.15) is 0 Å². The third-order valence-corrected chi connectivity index (χ3v) is 4.78. The van der Waals surface area contributed by atoms with E-state index in [2.05, 4.69) is 41.0 Å². The Bertz CT molecular complexity index is 1030. The van der Waals surface area contributed by atoms with Gasteiger partial charge in [0.1, 0.15) is 23.7 Å². The molecule has 2 heterocycles. The maximum absolute atomic E-state index is 12.3. The largest absolute Gasteiger partial charge is 0.486 e. The molecule has 0 fully saturated rings. The van der Waals surface area contributed by atoms with Gasteiger partial charge in [0.25, 0.3) is 11.5 Å². The highest BCUT2D eigenvalue weighted by atomic mass is 16.5. The van der Waals surface area contributed by atoms with Crippen LogP contribution in [-0.4, -0.2) is 32.0 Å². The third-order valence-electron chi connectivity index (χ3n) is 4.78. The average Bonchev–Trinajstić information content (AvgIpc) is 3.25. The molecule has 0 saturated carbocycles. The Labute approximate surface area is 175 Å². The first-order valence-electron chi connectivity index (χ1n) is 9.81. The van der Waals surface area contributed by atoms with E-state index in [0.29, 0.717) is 18.1 Å². The summed E-state index contributed by atoms with van der Waals surface area (Å²) in [5.41, 5.74) is 0.739. The second kappa shape index (κ2) is 8.94. The van der Waals surface area contributed by atoms with Crippen molar-refractivity contribution < 1.29 is 9.53 Å². The molecule has 3 rings (SSSR count). The summed E-state index contributed by atoms with van der Waals surface area (Å²) < 4.78 is 7.57. The van der Waals surface area contributed by atoms with Gasteiger partial charge < -0.3 is 19.6 Å². The van der Waals surface area contributed by atoms with Crippen LogP contribution in [0.3, 0.4) is 0 Å². The van der Waals surface area contributed by atoms with Gasteiger partial charge in [0.2, 0.25) is 0 Å². The molecule has 158 valence electrons. The van der Waals surface area contributed by atoms with Crippen molar-refractivity contribution in [2.75, 3.05) is 6.54 Å². The maximum atomic E-state index is 12.3. The zero-order valence-corrected chi connectivity index (χ0v) is 17.7. The fourth-order valence-electron chi connectivity index (χ4n) is 2.84. The SMILES string of the molecule is C[C@@H](CNC(=O)c1cnc(COc2ccc(C(C)(C)C)cc2)[nH]c1=O)n1ccnc1. The number of benzene rings is 1.